The van der Waals surface area contributed by atoms with Crippen molar-refractivity contribution >= 4 is 21.6 Å². The van der Waals surface area contributed by atoms with E-state index in [0.29, 0.717) is 11.4 Å². The molecule has 1 atom stereocenters. The molecule has 1 unspecified atom stereocenters. The van der Waals surface area contributed by atoms with E-state index in [1.807, 2.05) is 30.3 Å². The number of nitrogens with two attached hydrogens (primary N) is 1. The van der Waals surface area contributed by atoms with Gasteiger partial charge in [0.25, 0.3) is 0 Å². The minimum absolute atomic E-state index is 0.000913. The molecule has 144 valence electrons. The second-order valence-electron chi connectivity index (χ2n) is 6.53. The van der Waals surface area contributed by atoms with Crippen LogP contribution >= 0.6 is 0 Å². The van der Waals surface area contributed by atoms with Gasteiger partial charge in [-0.3, -0.25) is 4.79 Å². The highest BCUT2D eigenvalue weighted by Gasteiger charge is 2.28. The highest BCUT2D eigenvalue weighted by atomic mass is 32.2. The molecule has 8 heteroatoms. The average Bonchev–Trinajstić information content (AvgIpc) is 3.45. The molecule has 2 aromatic rings. The van der Waals surface area contributed by atoms with E-state index < -0.39 is 16.1 Å². The normalized spacial score (nSPS) is 15.2. The number of hydrogen-bond acceptors (Lipinski definition) is 5. The maximum Gasteiger partial charge on any atom is 0.240 e. The highest BCUT2D eigenvalue weighted by Crippen LogP contribution is 2.29. The number of amides is 1. The first-order valence-electron chi connectivity index (χ1n) is 8.70. The van der Waals surface area contributed by atoms with Crippen molar-refractivity contribution in [3.63, 3.8) is 0 Å². The number of carbonyl (C=O) groups excluding carboxylic acids is 1. The Morgan fingerprint density at radius 2 is 1.93 bits per heavy atom. The Hall–Kier alpha value is -2.42. The van der Waals surface area contributed by atoms with Crippen LogP contribution in [0.5, 0.6) is 5.75 Å². The first-order chi connectivity index (χ1) is 12.9. The molecule has 2 aromatic carbocycles. The quantitative estimate of drug-likeness (QED) is 0.641. The Morgan fingerprint density at radius 1 is 1.22 bits per heavy atom. The molecule has 0 aliphatic heterocycles. The standard InChI is InChI=1S/C19H23N3O4S/c1-26-18-10-9-15(27(24,25)22-14-7-8-14)11-17(18)21-19(23)12-16(20)13-5-3-2-4-6-13/h2-6,9-11,14,16,22H,7-8,12,20H2,1H3,(H,21,23). The van der Waals surface area contributed by atoms with Gasteiger partial charge in [-0.05, 0) is 36.6 Å². The van der Waals surface area contributed by atoms with Gasteiger partial charge in [0.15, 0.2) is 0 Å². The average molecular weight is 389 g/mol. The van der Waals surface area contributed by atoms with E-state index in [0.717, 1.165) is 18.4 Å². The number of anilines is 1. The van der Waals surface area contributed by atoms with Gasteiger partial charge in [0.1, 0.15) is 5.75 Å². The number of rotatable bonds is 8. The van der Waals surface area contributed by atoms with Crippen molar-refractivity contribution in [3.8, 4) is 5.75 Å². The van der Waals surface area contributed by atoms with Gasteiger partial charge in [-0.1, -0.05) is 30.3 Å². The van der Waals surface area contributed by atoms with Crippen LogP contribution in [0.25, 0.3) is 0 Å². The summed E-state index contributed by atoms with van der Waals surface area (Å²) in [4.78, 5) is 12.5. The molecule has 27 heavy (non-hydrogen) atoms. The maximum absolute atomic E-state index is 12.4. The molecule has 0 bridgehead atoms. The molecule has 0 aromatic heterocycles. The summed E-state index contributed by atoms with van der Waals surface area (Å²) in [7, 11) is -2.17. The lowest BCUT2D eigenvalue weighted by Crippen LogP contribution is -2.26. The summed E-state index contributed by atoms with van der Waals surface area (Å²) in [6, 6.07) is 13.2. The van der Waals surface area contributed by atoms with Crippen LogP contribution in [0.3, 0.4) is 0 Å². The van der Waals surface area contributed by atoms with Crippen molar-refractivity contribution in [1.82, 2.24) is 4.72 Å². The number of methoxy groups -OCH3 is 1. The number of carbonyl (C=O) groups is 1. The van der Waals surface area contributed by atoms with Gasteiger partial charge in [0.05, 0.1) is 17.7 Å². The summed E-state index contributed by atoms with van der Waals surface area (Å²) in [5.74, 6) is 0.0522. The Morgan fingerprint density at radius 3 is 2.56 bits per heavy atom. The second-order valence-corrected chi connectivity index (χ2v) is 8.24. The SMILES string of the molecule is COc1ccc(S(=O)(=O)NC2CC2)cc1NC(=O)CC(N)c1ccccc1. The fourth-order valence-corrected chi connectivity index (χ4v) is 3.99. The zero-order chi connectivity index (χ0) is 19.4. The van der Waals surface area contributed by atoms with Gasteiger partial charge in [-0.15, -0.1) is 0 Å². The van der Waals surface area contributed by atoms with E-state index in [-0.39, 0.29) is 23.3 Å². The van der Waals surface area contributed by atoms with Crippen molar-refractivity contribution in [3.05, 3.63) is 54.1 Å². The van der Waals surface area contributed by atoms with Gasteiger partial charge >= 0.3 is 0 Å². The highest BCUT2D eigenvalue weighted by molar-refractivity contribution is 7.89. The monoisotopic (exact) mass is 389 g/mol. The predicted octanol–water partition coefficient (Wildman–Crippen LogP) is 2.16. The van der Waals surface area contributed by atoms with Crippen LogP contribution in [0.2, 0.25) is 0 Å². The summed E-state index contributed by atoms with van der Waals surface area (Å²) in [6.45, 7) is 0. The molecule has 0 radical (unpaired) electrons. The lowest BCUT2D eigenvalue weighted by molar-refractivity contribution is -0.116. The first kappa shape index (κ1) is 19.3. The molecule has 0 heterocycles. The number of hydrogen-bond donors (Lipinski definition) is 3. The van der Waals surface area contributed by atoms with Gasteiger partial charge in [0, 0.05) is 18.5 Å². The van der Waals surface area contributed by atoms with E-state index in [1.165, 1.54) is 25.3 Å². The van der Waals surface area contributed by atoms with E-state index in [9.17, 15) is 13.2 Å². The molecular formula is C19H23N3O4S. The summed E-state index contributed by atoms with van der Waals surface area (Å²) in [5.41, 5.74) is 7.23. The van der Waals surface area contributed by atoms with Crippen molar-refractivity contribution in [1.29, 1.82) is 0 Å². The van der Waals surface area contributed by atoms with Crippen LogP contribution in [-0.2, 0) is 14.8 Å². The van der Waals surface area contributed by atoms with Crippen molar-refractivity contribution in [2.24, 2.45) is 5.73 Å². The zero-order valence-corrected chi connectivity index (χ0v) is 15.8. The van der Waals surface area contributed by atoms with Crippen molar-refractivity contribution in [2.45, 2.75) is 36.2 Å². The third kappa shape index (κ3) is 5.06. The third-order valence-corrected chi connectivity index (χ3v) is 5.81. The fraction of sp³-hybridized carbons (Fsp3) is 0.316. The molecule has 1 aliphatic carbocycles. The summed E-state index contributed by atoms with van der Waals surface area (Å²) < 4.78 is 32.6. The summed E-state index contributed by atoms with van der Waals surface area (Å²) >= 11 is 0. The van der Waals surface area contributed by atoms with Crippen LogP contribution in [0, 0.1) is 0 Å². The second kappa shape index (κ2) is 8.08. The van der Waals surface area contributed by atoms with E-state index in [1.54, 1.807) is 0 Å². The molecule has 3 rings (SSSR count). The Bertz CT molecular complexity index is 912. The van der Waals surface area contributed by atoms with Gasteiger partial charge in [-0.2, -0.15) is 0 Å². The van der Waals surface area contributed by atoms with Crippen LogP contribution < -0.4 is 20.5 Å². The van der Waals surface area contributed by atoms with E-state index in [4.69, 9.17) is 10.5 Å². The zero-order valence-electron chi connectivity index (χ0n) is 15.0. The minimum atomic E-state index is -3.63. The number of nitrogens with one attached hydrogen (secondary N) is 2. The third-order valence-electron chi connectivity index (χ3n) is 4.29. The topological polar surface area (TPSA) is 111 Å². The Labute approximate surface area is 159 Å². The molecule has 1 aliphatic rings. The molecule has 1 fully saturated rings. The summed E-state index contributed by atoms with van der Waals surface area (Å²) in [5, 5.41) is 2.71. The van der Waals surface area contributed by atoms with Crippen LogP contribution in [-0.4, -0.2) is 27.5 Å². The maximum atomic E-state index is 12.4. The van der Waals surface area contributed by atoms with Crippen LogP contribution in [0.4, 0.5) is 5.69 Å². The molecular weight excluding hydrogens is 366 g/mol. The number of benzene rings is 2. The molecule has 0 saturated heterocycles. The molecule has 1 saturated carbocycles. The minimum Gasteiger partial charge on any atom is -0.495 e. The lowest BCUT2D eigenvalue weighted by atomic mass is 10.0. The predicted molar refractivity (Wildman–Crippen MR) is 103 cm³/mol. The van der Waals surface area contributed by atoms with Crippen LogP contribution in [0.15, 0.2) is 53.4 Å². The van der Waals surface area contributed by atoms with Gasteiger partial charge in [-0.25, -0.2) is 13.1 Å². The molecule has 1 amide bonds. The number of sulfonamides is 1. The van der Waals surface area contributed by atoms with Crippen LogP contribution in [0.1, 0.15) is 30.9 Å². The molecule has 7 nitrogen and oxygen atoms in total. The van der Waals surface area contributed by atoms with Gasteiger partial charge < -0.3 is 15.8 Å². The Balaban J connectivity index is 1.74. The first-order valence-corrected chi connectivity index (χ1v) is 10.2. The van der Waals surface area contributed by atoms with Crippen molar-refractivity contribution in [2.75, 3.05) is 12.4 Å². The van der Waals surface area contributed by atoms with E-state index in [2.05, 4.69) is 10.0 Å². The number of ether oxygens (including phenoxy) is 1. The largest absolute Gasteiger partial charge is 0.495 e. The lowest BCUT2D eigenvalue weighted by Gasteiger charge is -2.15. The smallest absolute Gasteiger partial charge is 0.240 e. The molecule has 4 N–H and O–H groups in total. The Kier molecular flexibility index (Phi) is 5.79. The van der Waals surface area contributed by atoms with Crippen molar-refractivity contribution < 1.29 is 17.9 Å². The fourth-order valence-electron chi connectivity index (χ4n) is 2.66. The van der Waals surface area contributed by atoms with Gasteiger partial charge in [0.2, 0.25) is 15.9 Å². The summed E-state index contributed by atoms with van der Waals surface area (Å²) in [6.07, 6.45) is 1.75. The molecule has 0 spiro atoms. The van der Waals surface area contributed by atoms with E-state index >= 15 is 0 Å².